The molecule has 1 heterocycles. The van der Waals surface area contributed by atoms with Gasteiger partial charge in [-0.3, -0.25) is 14.7 Å². The largest absolute Gasteiger partial charge is 0.481 e. The third-order valence-corrected chi connectivity index (χ3v) is 4.56. The quantitative estimate of drug-likeness (QED) is 0.464. The summed E-state index contributed by atoms with van der Waals surface area (Å²) in [6.07, 6.45) is 2.79. The van der Waals surface area contributed by atoms with E-state index in [0.717, 1.165) is 32.6 Å². The molecule has 2 atom stereocenters. The Labute approximate surface area is 138 Å². The lowest BCUT2D eigenvalue weighted by Crippen LogP contribution is -2.30. The van der Waals surface area contributed by atoms with E-state index >= 15 is 0 Å². The SMILES string of the molecule is CC(C(=N)CC(=O)O)C(/C=N/CN1CCCN(C)CC1)CS. The Hall–Kier alpha value is -0.920. The van der Waals surface area contributed by atoms with Crippen LogP contribution < -0.4 is 0 Å². The number of aliphatic imine (C=N–C) groups is 1. The molecule has 22 heavy (non-hydrogen) atoms. The molecule has 0 aromatic carbocycles. The highest BCUT2D eigenvalue weighted by atomic mass is 32.1. The van der Waals surface area contributed by atoms with Crippen LogP contribution in [0.5, 0.6) is 0 Å². The van der Waals surface area contributed by atoms with Crippen molar-refractivity contribution < 1.29 is 9.90 Å². The summed E-state index contributed by atoms with van der Waals surface area (Å²) in [5, 5.41) is 16.6. The van der Waals surface area contributed by atoms with Gasteiger partial charge in [-0.2, -0.15) is 12.6 Å². The van der Waals surface area contributed by atoms with Gasteiger partial charge >= 0.3 is 5.97 Å². The molecule has 1 fully saturated rings. The van der Waals surface area contributed by atoms with Crippen LogP contribution in [0.25, 0.3) is 0 Å². The normalized spacial score (nSPS) is 20.7. The van der Waals surface area contributed by atoms with Crippen LogP contribution in [0.15, 0.2) is 4.99 Å². The van der Waals surface area contributed by atoms with Gasteiger partial charge in [-0.05, 0) is 25.8 Å². The molecule has 1 saturated heterocycles. The first-order valence-electron chi connectivity index (χ1n) is 7.74. The highest BCUT2D eigenvalue weighted by molar-refractivity contribution is 7.80. The maximum atomic E-state index is 10.7. The molecule has 0 spiro atoms. The Kier molecular flexibility index (Phi) is 8.67. The lowest BCUT2D eigenvalue weighted by atomic mass is 9.90. The first-order valence-corrected chi connectivity index (χ1v) is 8.38. The zero-order chi connectivity index (χ0) is 16.5. The van der Waals surface area contributed by atoms with Gasteiger partial charge in [-0.1, -0.05) is 6.92 Å². The van der Waals surface area contributed by atoms with Crippen LogP contribution in [0.3, 0.4) is 0 Å². The van der Waals surface area contributed by atoms with Crippen molar-refractivity contribution in [3.05, 3.63) is 0 Å². The maximum Gasteiger partial charge on any atom is 0.309 e. The number of nitrogens with one attached hydrogen (secondary N) is 1. The number of hydrogen-bond donors (Lipinski definition) is 3. The molecular weight excluding hydrogens is 300 g/mol. The third-order valence-electron chi connectivity index (χ3n) is 4.14. The number of aliphatic carboxylic acids is 1. The van der Waals surface area contributed by atoms with E-state index in [0.29, 0.717) is 12.4 Å². The van der Waals surface area contributed by atoms with Crippen molar-refractivity contribution in [2.24, 2.45) is 16.8 Å². The Morgan fingerprint density at radius 1 is 1.41 bits per heavy atom. The molecule has 1 aliphatic heterocycles. The van der Waals surface area contributed by atoms with Crippen molar-refractivity contribution in [2.45, 2.75) is 19.8 Å². The molecule has 2 unspecified atom stereocenters. The standard InChI is InChI=1S/C15H28N4O2S/c1-12(14(16)8-15(20)21)13(10-22)9-17-11-19-5-3-4-18(2)6-7-19/h9,12-13,16,22H,3-8,10-11H2,1-2H3,(H,20,21)/b16-14?,17-9+. The summed E-state index contributed by atoms with van der Waals surface area (Å²) in [6.45, 7) is 6.80. The second-order valence-electron chi connectivity index (χ2n) is 5.98. The number of thiol groups is 1. The smallest absolute Gasteiger partial charge is 0.309 e. The molecule has 2 N–H and O–H groups in total. The van der Waals surface area contributed by atoms with E-state index in [1.54, 1.807) is 0 Å². The molecular formula is C15H28N4O2S. The van der Waals surface area contributed by atoms with Crippen LogP contribution in [0, 0.1) is 17.2 Å². The first-order chi connectivity index (χ1) is 10.4. The molecule has 126 valence electrons. The van der Waals surface area contributed by atoms with Crippen molar-refractivity contribution in [3.8, 4) is 0 Å². The fourth-order valence-corrected chi connectivity index (χ4v) is 2.87. The van der Waals surface area contributed by atoms with Crippen molar-refractivity contribution in [3.63, 3.8) is 0 Å². The molecule has 1 aliphatic rings. The summed E-state index contributed by atoms with van der Waals surface area (Å²) in [6, 6.07) is 0. The van der Waals surface area contributed by atoms with Crippen LogP contribution in [-0.2, 0) is 4.79 Å². The van der Waals surface area contributed by atoms with Crippen molar-refractivity contribution in [1.82, 2.24) is 9.80 Å². The molecule has 0 aromatic rings. The van der Waals surface area contributed by atoms with Gasteiger partial charge in [0.15, 0.2) is 0 Å². The average Bonchev–Trinajstić information content (AvgIpc) is 2.67. The summed E-state index contributed by atoms with van der Waals surface area (Å²) in [4.78, 5) is 19.9. The van der Waals surface area contributed by atoms with Crippen LogP contribution >= 0.6 is 12.6 Å². The molecule has 0 radical (unpaired) electrons. The van der Waals surface area contributed by atoms with Gasteiger partial charge in [-0.25, -0.2) is 0 Å². The summed E-state index contributed by atoms with van der Waals surface area (Å²) < 4.78 is 0. The number of nitrogens with zero attached hydrogens (tertiary/aromatic N) is 3. The summed E-state index contributed by atoms with van der Waals surface area (Å²) in [5.41, 5.74) is 0.231. The van der Waals surface area contributed by atoms with E-state index in [2.05, 4.69) is 34.5 Å². The Balaban J connectivity index is 2.47. The highest BCUT2D eigenvalue weighted by Crippen LogP contribution is 2.15. The van der Waals surface area contributed by atoms with Gasteiger partial charge in [0.05, 0.1) is 13.1 Å². The van der Waals surface area contributed by atoms with Crippen LogP contribution in [0.4, 0.5) is 0 Å². The first kappa shape index (κ1) is 19.1. The second-order valence-corrected chi connectivity index (χ2v) is 6.34. The molecule has 7 heteroatoms. The number of carboxylic acids is 1. The van der Waals surface area contributed by atoms with Gasteiger partial charge in [0.1, 0.15) is 0 Å². The molecule has 0 aromatic heterocycles. The molecule has 0 bridgehead atoms. The van der Waals surface area contributed by atoms with E-state index in [1.165, 1.54) is 0 Å². The minimum absolute atomic E-state index is 0.00448. The number of carboxylic acid groups (broad SMARTS) is 1. The van der Waals surface area contributed by atoms with E-state index in [4.69, 9.17) is 10.5 Å². The van der Waals surface area contributed by atoms with Gasteiger partial charge in [0, 0.05) is 43.4 Å². The number of carbonyl (C=O) groups is 1. The van der Waals surface area contributed by atoms with Crippen LogP contribution in [0.2, 0.25) is 0 Å². The average molecular weight is 328 g/mol. The highest BCUT2D eigenvalue weighted by Gasteiger charge is 2.20. The maximum absolute atomic E-state index is 10.7. The zero-order valence-electron chi connectivity index (χ0n) is 13.5. The number of hydrogen-bond acceptors (Lipinski definition) is 6. The van der Waals surface area contributed by atoms with E-state index in [9.17, 15) is 4.79 Å². The summed E-state index contributed by atoms with van der Waals surface area (Å²) >= 11 is 4.31. The molecule has 6 nitrogen and oxygen atoms in total. The molecule has 0 amide bonds. The van der Waals surface area contributed by atoms with Crippen LogP contribution in [0.1, 0.15) is 19.8 Å². The molecule has 0 aliphatic carbocycles. The van der Waals surface area contributed by atoms with Gasteiger partial charge < -0.3 is 15.4 Å². The van der Waals surface area contributed by atoms with E-state index in [-0.39, 0.29) is 24.0 Å². The predicted molar refractivity (Wildman–Crippen MR) is 93.5 cm³/mol. The minimum atomic E-state index is -0.958. The Bertz CT molecular complexity index is 403. The molecule has 0 saturated carbocycles. The number of rotatable bonds is 8. The van der Waals surface area contributed by atoms with Gasteiger partial charge in [0.25, 0.3) is 0 Å². The molecule has 1 rings (SSSR count). The van der Waals surface area contributed by atoms with Crippen molar-refractivity contribution in [2.75, 3.05) is 45.6 Å². The Morgan fingerprint density at radius 2 is 2.14 bits per heavy atom. The third kappa shape index (κ3) is 6.89. The summed E-state index contributed by atoms with van der Waals surface area (Å²) in [7, 11) is 2.14. The van der Waals surface area contributed by atoms with Crippen molar-refractivity contribution >= 4 is 30.5 Å². The lowest BCUT2D eigenvalue weighted by Gasteiger charge is -2.20. The van der Waals surface area contributed by atoms with E-state index in [1.807, 2.05) is 13.1 Å². The minimum Gasteiger partial charge on any atom is -0.481 e. The van der Waals surface area contributed by atoms with Gasteiger partial charge in [0.2, 0.25) is 0 Å². The Morgan fingerprint density at radius 3 is 2.77 bits per heavy atom. The van der Waals surface area contributed by atoms with Crippen LogP contribution in [-0.4, -0.2) is 78.5 Å². The van der Waals surface area contributed by atoms with E-state index < -0.39 is 5.97 Å². The number of likely N-dealkylation sites (N-methyl/N-ethyl adjacent to an activating group) is 1. The second kappa shape index (κ2) is 9.97. The fourth-order valence-electron chi connectivity index (χ4n) is 2.46. The van der Waals surface area contributed by atoms with Gasteiger partial charge in [-0.15, -0.1) is 0 Å². The lowest BCUT2D eigenvalue weighted by molar-refractivity contribution is -0.135. The predicted octanol–water partition coefficient (Wildman–Crippen LogP) is 1.33. The monoisotopic (exact) mass is 328 g/mol. The topological polar surface area (TPSA) is 80.0 Å². The zero-order valence-corrected chi connectivity index (χ0v) is 14.4. The summed E-state index contributed by atoms with van der Waals surface area (Å²) in [5.74, 6) is -0.534. The fraction of sp³-hybridized carbons (Fsp3) is 0.800. The van der Waals surface area contributed by atoms with Crippen molar-refractivity contribution in [1.29, 1.82) is 5.41 Å².